The Hall–Kier alpha value is -2.46. The molecule has 1 aromatic carbocycles. The molecule has 0 bridgehead atoms. The molecule has 1 heterocycles. The third-order valence-electron chi connectivity index (χ3n) is 4.54. The lowest BCUT2D eigenvalue weighted by molar-refractivity contribution is -0.123. The summed E-state index contributed by atoms with van der Waals surface area (Å²) in [5.74, 6) is -1.63. The highest BCUT2D eigenvalue weighted by atomic mass is 32.2. The average molecular weight is 426 g/mol. The van der Waals surface area contributed by atoms with Crippen LogP contribution >= 0.6 is 0 Å². The molecule has 1 aromatic rings. The number of benzene rings is 1. The molecular weight excluding hydrogens is 398 g/mol. The maximum Gasteiger partial charge on any atom is 0.338 e. The SMILES string of the molecule is CCCNC(=O)NC(=O)COC(=O)c1cccc(S(=O)(=O)N2CCCC[C@@H]2C)c1. The summed E-state index contributed by atoms with van der Waals surface area (Å²) in [5, 5.41) is 4.49. The van der Waals surface area contributed by atoms with E-state index in [1.54, 1.807) is 0 Å². The molecule has 2 N–H and O–H groups in total. The summed E-state index contributed by atoms with van der Waals surface area (Å²) in [5.41, 5.74) is 0.0129. The third kappa shape index (κ3) is 6.26. The van der Waals surface area contributed by atoms with E-state index in [1.807, 2.05) is 19.2 Å². The predicted octanol–water partition coefficient (Wildman–Crippen LogP) is 1.64. The smallest absolute Gasteiger partial charge is 0.338 e. The predicted molar refractivity (Wildman–Crippen MR) is 106 cm³/mol. The number of hydrogen-bond donors (Lipinski definition) is 2. The molecule has 0 aromatic heterocycles. The van der Waals surface area contributed by atoms with Crippen LogP contribution in [-0.2, 0) is 19.6 Å². The topological polar surface area (TPSA) is 122 Å². The van der Waals surface area contributed by atoms with E-state index in [0.29, 0.717) is 19.5 Å². The molecule has 3 amide bonds. The van der Waals surface area contributed by atoms with Crippen molar-refractivity contribution in [2.75, 3.05) is 19.7 Å². The van der Waals surface area contributed by atoms with E-state index in [2.05, 4.69) is 5.32 Å². The van der Waals surface area contributed by atoms with Gasteiger partial charge in [-0.1, -0.05) is 19.4 Å². The van der Waals surface area contributed by atoms with E-state index in [0.717, 1.165) is 19.3 Å². The first-order valence-electron chi connectivity index (χ1n) is 9.62. The molecule has 1 aliphatic rings. The Balaban J connectivity index is 2.00. The Morgan fingerprint density at radius 3 is 2.69 bits per heavy atom. The first-order chi connectivity index (χ1) is 13.8. The van der Waals surface area contributed by atoms with Crippen LogP contribution in [0.3, 0.4) is 0 Å². The Bertz CT molecular complexity index is 855. The van der Waals surface area contributed by atoms with E-state index in [9.17, 15) is 22.8 Å². The number of nitrogens with zero attached hydrogens (tertiary/aromatic N) is 1. The number of urea groups is 1. The van der Waals surface area contributed by atoms with Crippen molar-refractivity contribution >= 4 is 27.9 Å². The number of esters is 1. The fourth-order valence-corrected chi connectivity index (χ4v) is 4.75. The number of imide groups is 1. The zero-order valence-electron chi connectivity index (χ0n) is 16.6. The summed E-state index contributed by atoms with van der Waals surface area (Å²) in [6, 6.07) is 4.76. The van der Waals surface area contributed by atoms with Gasteiger partial charge in [0.2, 0.25) is 10.0 Å². The van der Waals surface area contributed by atoms with E-state index in [4.69, 9.17) is 4.74 Å². The molecule has 1 saturated heterocycles. The second-order valence-corrected chi connectivity index (χ2v) is 8.76. The van der Waals surface area contributed by atoms with Crippen molar-refractivity contribution in [2.24, 2.45) is 0 Å². The van der Waals surface area contributed by atoms with Gasteiger partial charge in [-0.05, 0) is 44.4 Å². The number of carbonyl (C=O) groups excluding carboxylic acids is 3. The lowest BCUT2D eigenvalue weighted by atomic mass is 10.1. The second-order valence-electron chi connectivity index (χ2n) is 6.87. The van der Waals surface area contributed by atoms with Crippen LogP contribution in [-0.4, -0.2) is 56.4 Å². The summed E-state index contributed by atoms with van der Waals surface area (Å²) in [4.78, 5) is 35.3. The molecule has 0 spiro atoms. The number of nitrogens with one attached hydrogen (secondary N) is 2. The molecular formula is C19H27N3O6S. The van der Waals surface area contributed by atoms with Crippen molar-refractivity contribution in [3.05, 3.63) is 29.8 Å². The van der Waals surface area contributed by atoms with Crippen LogP contribution in [0.1, 0.15) is 49.9 Å². The Morgan fingerprint density at radius 1 is 1.24 bits per heavy atom. The van der Waals surface area contributed by atoms with Gasteiger partial charge in [-0.15, -0.1) is 0 Å². The first kappa shape index (κ1) is 22.8. The lowest BCUT2D eigenvalue weighted by Crippen LogP contribution is -2.42. The fourth-order valence-electron chi connectivity index (χ4n) is 3.01. The highest BCUT2D eigenvalue weighted by Gasteiger charge is 2.31. The second kappa shape index (κ2) is 10.4. The number of amides is 3. The van der Waals surface area contributed by atoms with E-state index >= 15 is 0 Å². The van der Waals surface area contributed by atoms with Gasteiger partial charge >= 0.3 is 12.0 Å². The van der Waals surface area contributed by atoms with Crippen LogP contribution in [0.4, 0.5) is 4.79 Å². The van der Waals surface area contributed by atoms with Crippen molar-refractivity contribution < 1.29 is 27.5 Å². The quantitative estimate of drug-likeness (QED) is 0.641. The van der Waals surface area contributed by atoms with E-state index in [1.165, 1.54) is 28.6 Å². The van der Waals surface area contributed by atoms with Gasteiger partial charge < -0.3 is 10.1 Å². The van der Waals surface area contributed by atoms with E-state index < -0.39 is 34.5 Å². The normalized spacial score (nSPS) is 17.4. The number of piperidine rings is 1. The standard InChI is InChI=1S/C19H27N3O6S/c1-3-10-20-19(25)21-17(23)13-28-18(24)15-8-6-9-16(12-15)29(26,27)22-11-5-4-7-14(22)2/h6,8-9,12,14H,3-5,7,10-11,13H2,1-2H3,(H2,20,21,23,25)/t14-/m0/s1. The van der Waals surface area contributed by atoms with Crippen molar-refractivity contribution in [3.8, 4) is 0 Å². The van der Waals surface area contributed by atoms with Crippen LogP contribution in [0.15, 0.2) is 29.2 Å². The summed E-state index contributed by atoms with van der Waals surface area (Å²) in [6.45, 7) is 3.93. The minimum absolute atomic E-state index is 0.00379. The number of sulfonamides is 1. The molecule has 10 heteroatoms. The Labute approximate surface area is 170 Å². The van der Waals surface area contributed by atoms with Crippen LogP contribution < -0.4 is 10.6 Å². The number of carbonyl (C=O) groups is 3. The lowest BCUT2D eigenvalue weighted by Gasteiger charge is -2.32. The maximum atomic E-state index is 12.9. The molecule has 2 rings (SSSR count). The molecule has 0 aliphatic carbocycles. The van der Waals surface area contributed by atoms with Gasteiger partial charge in [0, 0.05) is 19.1 Å². The molecule has 29 heavy (non-hydrogen) atoms. The largest absolute Gasteiger partial charge is 0.452 e. The summed E-state index contributed by atoms with van der Waals surface area (Å²) < 4.78 is 32.2. The number of hydrogen-bond acceptors (Lipinski definition) is 6. The van der Waals surface area contributed by atoms with E-state index in [-0.39, 0.29) is 16.5 Å². The molecule has 1 atom stereocenters. The first-order valence-corrected chi connectivity index (χ1v) is 11.1. The zero-order valence-corrected chi connectivity index (χ0v) is 17.5. The van der Waals surface area contributed by atoms with Gasteiger partial charge in [0.15, 0.2) is 6.61 Å². The van der Waals surface area contributed by atoms with Gasteiger partial charge in [-0.3, -0.25) is 10.1 Å². The minimum atomic E-state index is -3.73. The van der Waals surface area contributed by atoms with Gasteiger partial charge in [-0.2, -0.15) is 4.31 Å². The van der Waals surface area contributed by atoms with Crippen LogP contribution in [0.5, 0.6) is 0 Å². The zero-order chi connectivity index (χ0) is 21.4. The highest BCUT2D eigenvalue weighted by molar-refractivity contribution is 7.89. The Morgan fingerprint density at radius 2 is 2.00 bits per heavy atom. The molecule has 1 fully saturated rings. The summed E-state index contributed by atoms with van der Waals surface area (Å²) >= 11 is 0. The highest BCUT2D eigenvalue weighted by Crippen LogP contribution is 2.25. The molecule has 0 unspecified atom stereocenters. The summed E-state index contributed by atoms with van der Waals surface area (Å²) in [7, 11) is -3.73. The van der Waals surface area contributed by atoms with Gasteiger partial charge in [0.25, 0.3) is 5.91 Å². The van der Waals surface area contributed by atoms with Gasteiger partial charge in [-0.25, -0.2) is 18.0 Å². The van der Waals surface area contributed by atoms with Crippen LogP contribution in [0.25, 0.3) is 0 Å². The number of rotatable bonds is 7. The molecule has 0 radical (unpaired) electrons. The van der Waals surface area contributed by atoms with Gasteiger partial charge in [0.1, 0.15) is 0 Å². The van der Waals surface area contributed by atoms with Crippen molar-refractivity contribution in [1.29, 1.82) is 0 Å². The molecule has 160 valence electrons. The summed E-state index contributed by atoms with van der Waals surface area (Å²) in [6.07, 6.45) is 3.29. The third-order valence-corrected chi connectivity index (χ3v) is 6.55. The fraction of sp³-hybridized carbons (Fsp3) is 0.526. The Kier molecular flexibility index (Phi) is 8.15. The van der Waals surface area contributed by atoms with Crippen LogP contribution in [0, 0.1) is 0 Å². The average Bonchev–Trinajstić information content (AvgIpc) is 2.70. The van der Waals surface area contributed by atoms with Crippen molar-refractivity contribution in [3.63, 3.8) is 0 Å². The van der Waals surface area contributed by atoms with Crippen molar-refractivity contribution in [1.82, 2.24) is 14.9 Å². The van der Waals surface area contributed by atoms with Gasteiger partial charge in [0.05, 0.1) is 10.5 Å². The van der Waals surface area contributed by atoms with Crippen LogP contribution in [0.2, 0.25) is 0 Å². The minimum Gasteiger partial charge on any atom is -0.452 e. The maximum absolute atomic E-state index is 12.9. The molecule has 1 aliphatic heterocycles. The molecule has 0 saturated carbocycles. The molecule has 9 nitrogen and oxygen atoms in total. The van der Waals surface area contributed by atoms with Crippen molar-refractivity contribution in [2.45, 2.75) is 50.5 Å². The number of ether oxygens (including phenoxy) is 1. The monoisotopic (exact) mass is 425 g/mol.